The van der Waals surface area contributed by atoms with Gasteiger partial charge in [-0.05, 0) is 24.1 Å². The number of nitrogens with one attached hydrogen (secondary N) is 3. The van der Waals surface area contributed by atoms with Crippen molar-refractivity contribution in [3.63, 3.8) is 0 Å². The van der Waals surface area contributed by atoms with E-state index in [2.05, 4.69) is 33.8 Å². The van der Waals surface area contributed by atoms with Gasteiger partial charge >= 0.3 is 0 Å². The number of hydrogen-bond acceptors (Lipinski definition) is 4. The van der Waals surface area contributed by atoms with Gasteiger partial charge in [0.2, 0.25) is 0 Å². The number of para-hydroxylation sites is 1. The van der Waals surface area contributed by atoms with Crippen LogP contribution in [-0.4, -0.2) is 30.8 Å². The molecule has 0 saturated heterocycles. The van der Waals surface area contributed by atoms with Gasteiger partial charge < -0.3 is 15.0 Å². The molecule has 3 rings (SSSR count). The Morgan fingerprint density at radius 1 is 1.27 bits per heavy atom. The molecular formula is C20H22N4O2. The van der Waals surface area contributed by atoms with E-state index in [-0.39, 0.29) is 12.5 Å². The first-order valence-corrected chi connectivity index (χ1v) is 8.50. The molecule has 0 aliphatic rings. The molecule has 2 aromatic carbocycles. The van der Waals surface area contributed by atoms with Gasteiger partial charge in [-0.3, -0.25) is 4.79 Å². The highest BCUT2D eigenvalue weighted by atomic mass is 16.5. The summed E-state index contributed by atoms with van der Waals surface area (Å²) in [7, 11) is 1.61. The number of carbonyl (C=O) groups excluding carboxylic acids is 1. The molecule has 6 nitrogen and oxygen atoms in total. The molecule has 134 valence electrons. The minimum Gasteiger partial charge on any atom is -0.497 e. The highest BCUT2D eigenvalue weighted by molar-refractivity contribution is 6.00. The maximum absolute atomic E-state index is 11.9. The molecule has 0 aliphatic heterocycles. The number of fused-ring (bicyclic) bond motifs is 1. The Bertz CT molecular complexity index is 930. The number of hydrazone groups is 1. The molecule has 0 radical (unpaired) electrons. The van der Waals surface area contributed by atoms with Crippen molar-refractivity contribution in [1.29, 1.82) is 0 Å². The van der Waals surface area contributed by atoms with E-state index in [4.69, 9.17) is 4.74 Å². The third-order valence-electron chi connectivity index (χ3n) is 4.13. The fourth-order valence-corrected chi connectivity index (χ4v) is 2.77. The second-order valence-corrected chi connectivity index (χ2v) is 5.82. The van der Waals surface area contributed by atoms with E-state index >= 15 is 0 Å². The maximum Gasteiger partial charge on any atom is 0.259 e. The van der Waals surface area contributed by atoms with Crippen molar-refractivity contribution in [2.24, 2.45) is 5.10 Å². The van der Waals surface area contributed by atoms with E-state index in [0.717, 1.165) is 34.3 Å². The number of aryl methyl sites for hydroxylation is 1. The molecule has 3 N–H and O–H groups in total. The van der Waals surface area contributed by atoms with Gasteiger partial charge in [0.25, 0.3) is 5.91 Å². The zero-order valence-electron chi connectivity index (χ0n) is 14.9. The van der Waals surface area contributed by atoms with Gasteiger partial charge in [0, 0.05) is 34.4 Å². The average Bonchev–Trinajstić information content (AvgIpc) is 3.10. The van der Waals surface area contributed by atoms with Crippen LogP contribution in [0.25, 0.3) is 10.9 Å². The fraction of sp³-hybridized carbons (Fsp3) is 0.200. The minimum absolute atomic E-state index is 0.123. The fourth-order valence-electron chi connectivity index (χ4n) is 2.77. The van der Waals surface area contributed by atoms with Crippen LogP contribution in [0.5, 0.6) is 5.75 Å². The van der Waals surface area contributed by atoms with Gasteiger partial charge in [-0.2, -0.15) is 5.10 Å². The van der Waals surface area contributed by atoms with E-state index < -0.39 is 0 Å². The Balaban J connectivity index is 1.57. The molecule has 1 aromatic heterocycles. The van der Waals surface area contributed by atoms with Crippen molar-refractivity contribution in [2.45, 2.75) is 13.3 Å². The van der Waals surface area contributed by atoms with E-state index in [1.165, 1.54) is 5.56 Å². The molecule has 1 amide bonds. The van der Waals surface area contributed by atoms with Crippen LogP contribution in [0.4, 0.5) is 5.69 Å². The Morgan fingerprint density at radius 3 is 2.92 bits per heavy atom. The molecule has 6 heteroatoms. The molecule has 1 heterocycles. The van der Waals surface area contributed by atoms with Gasteiger partial charge in [0.05, 0.1) is 19.9 Å². The van der Waals surface area contributed by atoms with Gasteiger partial charge in [0.1, 0.15) is 5.75 Å². The summed E-state index contributed by atoms with van der Waals surface area (Å²) in [5.74, 6) is 0.511. The lowest BCUT2D eigenvalue weighted by Gasteiger charge is -2.06. The van der Waals surface area contributed by atoms with Crippen LogP contribution in [0, 0.1) is 0 Å². The molecule has 0 saturated carbocycles. The van der Waals surface area contributed by atoms with Crippen LogP contribution in [-0.2, 0) is 11.2 Å². The number of carbonyl (C=O) groups is 1. The zero-order valence-corrected chi connectivity index (χ0v) is 14.9. The predicted molar refractivity (Wildman–Crippen MR) is 105 cm³/mol. The SMILES string of the molecule is CCc1cccc2c(/C=N/NC(=O)CNc3cccc(OC)c3)c[nH]c12. The van der Waals surface area contributed by atoms with Crippen molar-refractivity contribution >= 4 is 28.7 Å². The zero-order chi connectivity index (χ0) is 18.4. The summed E-state index contributed by atoms with van der Waals surface area (Å²) in [6, 6.07) is 13.6. The lowest BCUT2D eigenvalue weighted by atomic mass is 10.1. The van der Waals surface area contributed by atoms with Gasteiger partial charge in [-0.1, -0.05) is 31.2 Å². The normalized spacial score (nSPS) is 11.0. The number of ether oxygens (including phenoxy) is 1. The lowest BCUT2D eigenvalue weighted by molar-refractivity contribution is -0.119. The average molecular weight is 350 g/mol. The van der Waals surface area contributed by atoms with Gasteiger partial charge in [0.15, 0.2) is 0 Å². The van der Waals surface area contributed by atoms with Crippen LogP contribution < -0.4 is 15.5 Å². The van der Waals surface area contributed by atoms with Crippen LogP contribution >= 0.6 is 0 Å². The molecular weight excluding hydrogens is 328 g/mol. The minimum atomic E-state index is -0.224. The van der Waals surface area contributed by atoms with Crippen molar-refractivity contribution < 1.29 is 9.53 Å². The number of aromatic amines is 1. The van der Waals surface area contributed by atoms with Crippen molar-refractivity contribution in [2.75, 3.05) is 19.0 Å². The van der Waals surface area contributed by atoms with E-state index in [1.54, 1.807) is 13.3 Å². The topological polar surface area (TPSA) is 78.5 Å². The predicted octanol–water partition coefficient (Wildman–Crippen LogP) is 3.30. The van der Waals surface area contributed by atoms with Crippen LogP contribution in [0.15, 0.2) is 53.8 Å². The van der Waals surface area contributed by atoms with Crippen LogP contribution in [0.2, 0.25) is 0 Å². The maximum atomic E-state index is 11.9. The monoisotopic (exact) mass is 350 g/mol. The van der Waals surface area contributed by atoms with Crippen molar-refractivity contribution in [1.82, 2.24) is 10.4 Å². The quantitative estimate of drug-likeness (QED) is 0.452. The summed E-state index contributed by atoms with van der Waals surface area (Å²) in [4.78, 5) is 15.2. The number of methoxy groups -OCH3 is 1. The number of rotatable bonds is 7. The number of benzene rings is 2. The summed E-state index contributed by atoms with van der Waals surface area (Å²) in [5, 5.41) is 8.19. The highest BCUT2D eigenvalue weighted by Gasteiger charge is 2.05. The van der Waals surface area contributed by atoms with E-state index in [9.17, 15) is 4.79 Å². The number of H-pyrrole nitrogens is 1. The van der Waals surface area contributed by atoms with Crippen LogP contribution in [0.1, 0.15) is 18.1 Å². The summed E-state index contributed by atoms with van der Waals surface area (Å²) in [6.07, 6.45) is 4.51. The number of hydrogen-bond donors (Lipinski definition) is 3. The van der Waals surface area contributed by atoms with Crippen molar-refractivity contribution in [3.05, 3.63) is 59.8 Å². The van der Waals surface area contributed by atoms with Gasteiger partial charge in [-0.15, -0.1) is 0 Å². The number of nitrogens with zero attached hydrogens (tertiary/aromatic N) is 1. The second kappa shape index (κ2) is 8.20. The highest BCUT2D eigenvalue weighted by Crippen LogP contribution is 2.21. The van der Waals surface area contributed by atoms with Gasteiger partial charge in [-0.25, -0.2) is 5.43 Å². The second-order valence-electron chi connectivity index (χ2n) is 5.82. The Labute approximate surface area is 152 Å². The smallest absolute Gasteiger partial charge is 0.259 e. The Morgan fingerprint density at radius 2 is 2.12 bits per heavy atom. The molecule has 3 aromatic rings. The first-order valence-electron chi connectivity index (χ1n) is 8.50. The molecule has 0 spiro atoms. The van der Waals surface area contributed by atoms with E-state index in [0.29, 0.717) is 0 Å². The summed E-state index contributed by atoms with van der Waals surface area (Å²) in [5.41, 5.74) is 6.66. The molecule has 26 heavy (non-hydrogen) atoms. The molecule has 0 atom stereocenters. The number of aromatic nitrogens is 1. The first kappa shape index (κ1) is 17.5. The van der Waals surface area contributed by atoms with E-state index in [1.807, 2.05) is 42.6 Å². The van der Waals surface area contributed by atoms with Crippen LogP contribution in [0.3, 0.4) is 0 Å². The standard InChI is InChI=1S/C20H22N4O2/c1-3-14-6-4-9-18-15(11-22-20(14)18)12-23-24-19(25)13-21-16-7-5-8-17(10-16)26-2/h4-12,21-22H,3,13H2,1-2H3,(H,24,25)/b23-12+. The summed E-state index contributed by atoms with van der Waals surface area (Å²) >= 11 is 0. The largest absolute Gasteiger partial charge is 0.497 e. The molecule has 0 unspecified atom stereocenters. The van der Waals surface area contributed by atoms with Crippen molar-refractivity contribution in [3.8, 4) is 5.75 Å². The molecule has 0 bridgehead atoms. The summed E-state index contributed by atoms with van der Waals surface area (Å²) < 4.78 is 5.15. The number of amides is 1. The number of anilines is 1. The first-order chi connectivity index (χ1) is 12.7. The Kier molecular flexibility index (Phi) is 5.53. The lowest BCUT2D eigenvalue weighted by Crippen LogP contribution is -2.25. The summed E-state index contributed by atoms with van der Waals surface area (Å²) in [6.45, 7) is 2.25. The third-order valence-corrected chi connectivity index (χ3v) is 4.13. The Hall–Kier alpha value is -3.28. The third kappa shape index (κ3) is 4.03. The molecule has 0 fully saturated rings. The molecule has 0 aliphatic carbocycles.